The molecule has 3 amide bonds. The first kappa shape index (κ1) is 26.7. The molecule has 196 valence electrons. The first-order valence-electron chi connectivity index (χ1n) is 11.3. The molecule has 3 N–H and O–H groups in total. The highest BCUT2D eigenvalue weighted by Crippen LogP contribution is 2.34. The van der Waals surface area contributed by atoms with E-state index in [9.17, 15) is 14.4 Å². The molecule has 0 saturated carbocycles. The summed E-state index contributed by atoms with van der Waals surface area (Å²) in [5.41, 5.74) is 4.18. The second kappa shape index (κ2) is 12.8. The molecule has 0 bridgehead atoms. The van der Waals surface area contributed by atoms with Gasteiger partial charge in [-0.25, -0.2) is 5.43 Å². The van der Waals surface area contributed by atoms with Gasteiger partial charge >= 0.3 is 11.8 Å². The molecule has 0 radical (unpaired) electrons. The number of benzene rings is 3. The number of amides is 3. The van der Waals surface area contributed by atoms with Crippen molar-refractivity contribution in [2.75, 3.05) is 25.8 Å². The summed E-state index contributed by atoms with van der Waals surface area (Å²) in [4.78, 5) is 36.4. The third-order valence-corrected chi connectivity index (χ3v) is 5.93. The fourth-order valence-corrected chi connectivity index (χ4v) is 4.12. The summed E-state index contributed by atoms with van der Waals surface area (Å²) in [6, 6.07) is 17.6. The summed E-state index contributed by atoms with van der Waals surface area (Å²) in [5, 5.41) is 9.11. The first-order valence-corrected chi connectivity index (χ1v) is 12.4. The van der Waals surface area contributed by atoms with Crippen LogP contribution in [0.15, 0.2) is 65.8 Å². The van der Waals surface area contributed by atoms with Crippen LogP contribution in [0.25, 0.3) is 0 Å². The number of halogens is 1. The van der Waals surface area contributed by atoms with Crippen molar-refractivity contribution in [3.05, 3.63) is 75.4 Å². The molecule has 0 spiro atoms. The van der Waals surface area contributed by atoms with Crippen molar-refractivity contribution in [1.82, 2.24) is 10.7 Å². The third-order valence-electron chi connectivity index (χ3n) is 5.13. The number of rotatable bonds is 9. The average molecular weight is 630 g/mol. The molecule has 11 nitrogen and oxygen atoms in total. The molecule has 3 aromatic rings. The molecule has 0 saturated heterocycles. The number of anilines is 1. The zero-order valence-corrected chi connectivity index (χ0v) is 22.3. The number of nitrogens with zero attached hydrogens (tertiary/aromatic N) is 1. The summed E-state index contributed by atoms with van der Waals surface area (Å²) in [6.07, 6.45) is 1.36. The fraction of sp³-hybridized carbons (Fsp3) is 0.154. The number of fused-ring (bicyclic) bond motifs is 1. The Morgan fingerprint density at radius 2 is 1.82 bits per heavy atom. The maximum absolute atomic E-state index is 12.2. The van der Waals surface area contributed by atoms with E-state index in [2.05, 4.69) is 21.2 Å². The van der Waals surface area contributed by atoms with Crippen LogP contribution in [0, 0.1) is 3.57 Å². The summed E-state index contributed by atoms with van der Waals surface area (Å²) in [7, 11) is 1.47. The molecule has 0 atom stereocenters. The lowest BCUT2D eigenvalue weighted by molar-refractivity contribution is -0.139. The molecule has 1 aliphatic rings. The van der Waals surface area contributed by atoms with Crippen LogP contribution in [0.4, 0.5) is 5.69 Å². The summed E-state index contributed by atoms with van der Waals surface area (Å²) < 4.78 is 22.3. The van der Waals surface area contributed by atoms with E-state index in [1.165, 1.54) is 13.3 Å². The minimum Gasteiger partial charge on any atom is -0.493 e. The minimum absolute atomic E-state index is 0.132. The highest BCUT2D eigenvalue weighted by atomic mass is 127. The van der Waals surface area contributed by atoms with E-state index in [-0.39, 0.29) is 25.9 Å². The molecule has 38 heavy (non-hydrogen) atoms. The topological polar surface area (TPSA) is 137 Å². The van der Waals surface area contributed by atoms with Gasteiger partial charge in [0.1, 0.15) is 0 Å². The van der Waals surface area contributed by atoms with E-state index < -0.39 is 11.8 Å². The number of hydrazone groups is 1. The first-order chi connectivity index (χ1) is 18.4. The zero-order chi connectivity index (χ0) is 26.9. The van der Waals surface area contributed by atoms with Crippen molar-refractivity contribution in [3.63, 3.8) is 0 Å². The predicted molar refractivity (Wildman–Crippen MR) is 146 cm³/mol. The number of hydrogen-bond donors (Lipinski definition) is 3. The monoisotopic (exact) mass is 630 g/mol. The Kier molecular flexibility index (Phi) is 8.98. The Morgan fingerprint density at radius 3 is 2.61 bits per heavy atom. The second-order valence-electron chi connectivity index (χ2n) is 7.81. The van der Waals surface area contributed by atoms with Crippen LogP contribution in [0.1, 0.15) is 11.1 Å². The fourth-order valence-electron chi connectivity index (χ4n) is 3.34. The Morgan fingerprint density at radius 1 is 1.03 bits per heavy atom. The number of para-hydroxylation sites is 1. The van der Waals surface area contributed by atoms with Crippen LogP contribution in [0.3, 0.4) is 0 Å². The van der Waals surface area contributed by atoms with Crippen molar-refractivity contribution >= 4 is 52.2 Å². The maximum atomic E-state index is 12.2. The Bertz CT molecular complexity index is 1370. The molecule has 0 aromatic heterocycles. The number of carbonyl (C=O) groups excluding carboxylic acids is 3. The number of ether oxygens (including phenoxy) is 4. The lowest BCUT2D eigenvalue weighted by atomic mass is 10.2. The standard InChI is InChI=1S/C26H23IN4O7/c1-35-22-11-17(9-19(27)24(22)36-14-23(32)30-18-5-3-2-4-6-18)13-29-31-26(34)25(33)28-12-16-7-8-20-21(10-16)38-15-37-20/h2-11,13H,12,14-15H2,1H3,(H,28,33)(H,30,32)(H,31,34)/b29-13-. The van der Waals surface area contributed by atoms with Gasteiger partial charge in [-0.1, -0.05) is 24.3 Å². The highest BCUT2D eigenvalue weighted by molar-refractivity contribution is 14.1. The van der Waals surface area contributed by atoms with Crippen LogP contribution in [0.2, 0.25) is 0 Å². The summed E-state index contributed by atoms with van der Waals surface area (Å²) in [5.74, 6) is -0.106. The molecular formula is C26H23IN4O7. The van der Waals surface area contributed by atoms with Gasteiger partial charge in [-0.05, 0) is 70.1 Å². The van der Waals surface area contributed by atoms with Gasteiger partial charge in [0.05, 0.1) is 16.9 Å². The van der Waals surface area contributed by atoms with E-state index in [0.29, 0.717) is 37.8 Å². The second-order valence-corrected chi connectivity index (χ2v) is 8.97. The molecule has 1 heterocycles. The molecule has 1 aliphatic heterocycles. The normalized spacial score (nSPS) is 11.6. The number of hydrogen-bond acceptors (Lipinski definition) is 8. The lowest BCUT2D eigenvalue weighted by Gasteiger charge is -2.13. The van der Waals surface area contributed by atoms with Crippen LogP contribution < -0.4 is 35.0 Å². The molecule has 4 rings (SSSR count). The number of nitrogens with one attached hydrogen (secondary N) is 3. The number of methoxy groups -OCH3 is 1. The van der Waals surface area contributed by atoms with Crippen molar-refractivity contribution < 1.29 is 33.3 Å². The van der Waals surface area contributed by atoms with Gasteiger partial charge in [-0.15, -0.1) is 0 Å². The van der Waals surface area contributed by atoms with Crippen LogP contribution in [-0.4, -0.2) is 44.4 Å². The third kappa shape index (κ3) is 7.12. The van der Waals surface area contributed by atoms with Crippen LogP contribution >= 0.6 is 22.6 Å². The van der Waals surface area contributed by atoms with Crippen molar-refractivity contribution in [2.24, 2.45) is 5.10 Å². The van der Waals surface area contributed by atoms with Gasteiger partial charge in [0.2, 0.25) is 6.79 Å². The summed E-state index contributed by atoms with van der Waals surface area (Å²) in [6.45, 7) is 0.0666. The zero-order valence-electron chi connectivity index (χ0n) is 20.2. The maximum Gasteiger partial charge on any atom is 0.329 e. The van der Waals surface area contributed by atoms with E-state index in [1.54, 1.807) is 42.5 Å². The average Bonchev–Trinajstić information content (AvgIpc) is 3.39. The van der Waals surface area contributed by atoms with Gasteiger partial charge < -0.3 is 29.6 Å². The predicted octanol–water partition coefficient (Wildman–Crippen LogP) is 2.81. The summed E-state index contributed by atoms with van der Waals surface area (Å²) >= 11 is 2.04. The Balaban J connectivity index is 1.28. The minimum atomic E-state index is -0.923. The molecule has 0 unspecified atom stereocenters. The highest BCUT2D eigenvalue weighted by Gasteiger charge is 2.16. The van der Waals surface area contributed by atoms with Crippen molar-refractivity contribution in [3.8, 4) is 23.0 Å². The van der Waals surface area contributed by atoms with E-state index in [4.69, 9.17) is 18.9 Å². The Labute approximate surface area is 231 Å². The van der Waals surface area contributed by atoms with E-state index in [0.717, 1.165) is 5.56 Å². The van der Waals surface area contributed by atoms with Crippen LogP contribution in [0.5, 0.6) is 23.0 Å². The largest absolute Gasteiger partial charge is 0.493 e. The van der Waals surface area contributed by atoms with Crippen molar-refractivity contribution in [1.29, 1.82) is 0 Å². The van der Waals surface area contributed by atoms with Gasteiger partial charge in [-0.3, -0.25) is 14.4 Å². The molecule has 12 heteroatoms. The number of carbonyl (C=O) groups is 3. The van der Waals surface area contributed by atoms with Gasteiger partial charge in [0.25, 0.3) is 5.91 Å². The van der Waals surface area contributed by atoms with Gasteiger partial charge in [-0.2, -0.15) is 5.10 Å². The van der Waals surface area contributed by atoms with E-state index >= 15 is 0 Å². The van der Waals surface area contributed by atoms with Crippen molar-refractivity contribution in [2.45, 2.75) is 6.54 Å². The SMILES string of the molecule is COc1cc(/C=N\NC(=O)C(=O)NCc2ccc3c(c2)OCO3)cc(I)c1OCC(=O)Nc1ccccc1. The van der Waals surface area contributed by atoms with Gasteiger partial charge in [0, 0.05) is 12.2 Å². The molecule has 3 aromatic carbocycles. The Hall–Kier alpha value is -4.33. The van der Waals surface area contributed by atoms with Crippen LogP contribution in [-0.2, 0) is 20.9 Å². The molecular weight excluding hydrogens is 607 g/mol. The molecule has 0 fully saturated rings. The van der Waals surface area contributed by atoms with Gasteiger partial charge in [0.15, 0.2) is 29.6 Å². The lowest BCUT2D eigenvalue weighted by Crippen LogP contribution is -2.37. The van der Waals surface area contributed by atoms with E-state index in [1.807, 2.05) is 40.8 Å². The quantitative estimate of drug-likeness (QED) is 0.143. The molecule has 0 aliphatic carbocycles. The smallest absolute Gasteiger partial charge is 0.329 e.